The summed E-state index contributed by atoms with van der Waals surface area (Å²) in [5.74, 6) is -2.44. The lowest BCUT2D eigenvalue weighted by Crippen LogP contribution is -2.34. The number of hydrogen-bond acceptors (Lipinski definition) is 5. The summed E-state index contributed by atoms with van der Waals surface area (Å²) in [6.07, 6.45) is 5.51. The number of nitrogens with one attached hydrogen (secondary N) is 2. The summed E-state index contributed by atoms with van der Waals surface area (Å²) in [6, 6.07) is 11.6. The van der Waals surface area contributed by atoms with Gasteiger partial charge in [0.05, 0.1) is 12.0 Å². The molecule has 4 rings (SSSR count). The van der Waals surface area contributed by atoms with Crippen LogP contribution in [0, 0.1) is 11.7 Å². The largest absolute Gasteiger partial charge is 0.487 e. The predicted octanol–water partition coefficient (Wildman–Crippen LogP) is 4.00. The van der Waals surface area contributed by atoms with Gasteiger partial charge in [-0.3, -0.25) is 14.4 Å². The lowest BCUT2D eigenvalue weighted by molar-refractivity contribution is -0.143. The second-order valence-corrected chi connectivity index (χ2v) is 9.68. The van der Waals surface area contributed by atoms with E-state index in [-0.39, 0.29) is 42.3 Å². The van der Waals surface area contributed by atoms with E-state index in [1.54, 1.807) is 0 Å². The van der Waals surface area contributed by atoms with E-state index in [1.807, 2.05) is 24.3 Å². The molecule has 1 heterocycles. The number of anilines is 1. The molecular formula is C28H34FN3O5. The van der Waals surface area contributed by atoms with Gasteiger partial charge in [0.1, 0.15) is 0 Å². The van der Waals surface area contributed by atoms with E-state index in [2.05, 4.69) is 15.5 Å². The Bertz CT molecular complexity index is 1090. The standard InChI is InChI=1S/C28H34FN3O5/c29-24-18-21(8-13-25(24)37-23-11-6-20(7-12-23)28(35)36)27(34)31-15-14-30-26(33)19-4-9-22(10-5-19)32-16-2-1-3-17-32/h4-5,8-10,13,18,20,23H,1-3,6-7,11-12,14-17H2,(H,30,33)(H,31,34)(H,35,36). The van der Waals surface area contributed by atoms with Gasteiger partial charge in [-0.15, -0.1) is 0 Å². The fourth-order valence-electron chi connectivity index (χ4n) is 4.88. The molecule has 0 bridgehead atoms. The molecule has 2 fully saturated rings. The van der Waals surface area contributed by atoms with Gasteiger partial charge in [0.2, 0.25) is 0 Å². The van der Waals surface area contributed by atoms with Gasteiger partial charge in [0.15, 0.2) is 11.6 Å². The van der Waals surface area contributed by atoms with E-state index in [0.29, 0.717) is 31.2 Å². The summed E-state index contributed by atoms with van der Waals surface area (Å²) >= 11 is 0. The maximum absolute atomic E-state index is 14.5. The van der Waals surface area contributed by atoms with Crippen LogP contribution >= 0.6 is 0 Å². The van der Waals surface area contributed by atoms with Crippen LogP contribution in [0.25, 0.3) is 0 Å². The Morgan fingerprint density at radius 1 is 0.865 bits per heavy atom. The van der Waals surface area contributed by atoms with Crippen molar-refractivity contribution in [2.24, 2.45) is 5.92 Å². The number of carbonyl (C=O) groups excluding carboxylic acids is 2. The van der Waals surface area contributed by atoms with Gasteiger partial charge in [-0.1, -0.05) is 0 Å². The molecule has 37 heavy (non-hydrogen) atoms. The number of amides is 2. The van der Waals surface area contributed by atoms with Crippen LogP contribution in [0.3, 0.4) is 0 Å². The van der Waals surface area contributed by atoms with Crippen molar-refractivity contribution in [3.63, 3.8) is 0 Å². The van der Waals surface area contributed by atoms with Crippen molar-refractivity contribution in [2.75, 3.05) is 31.1 Å². The van der Waals surface area contributed by atoms with E-state index >= 15 is 0 Å². The highest BCUT2D eigenvalue weighted by molar-refractivity contribution is 5.95. The molecule has 0 atom stereocenters. The summed E-state index contributed by atoms with van der Waals surface area (Å²) in [7, 11) is 0. The SMILES string of the molecule is O=C(NCCNC(=O)c1ccc(OC2CCC(C(=O)O)CC2)c(F)c1)c1ccc(N2CCCCC2)cc1. The van der Waals surface area contributed by atoms with Crippen LogP contribution in [0.1, 0.15) is 65.7 Å². The first-order valence-electron chi connectivity index (χ1n) is 13.0. The molecule has 0 spiro atoms. The number of carbonyl (C=O) groups is 3. The fourth-order valence-corrected chi connectivity index (χ4v) is 4.88. The van der Waals surface area contributed by atoms with Crippen molar-refractivity contribution in [1.82, 2.24) is 10.6 Å². The first-order valence-corrected chi connectivity index (χ1v) is 13.0. The molecule has 0 aromatic heterocycles. The second-order valence-electron chi connectivity index (χ2n) is 9.68. The van der Waals surface area contributed by atoms with Crippen molar-refractivity contribution in [2.45, 2.75) is 51.0 Å². The first-order chi connectivity index (χ1) is 17.9. The maximum Gasteiger partial charge on any atom is 0.306 e. The number of rotatable bonds is 9. The number of benzene rings is 2. The predicted molar refractivity (Wildman–Crippen MR) is 138 cm³/mol. The number of aliphatic carboxylic acids is 1. The van der Waals surface area contributed by atoms with E-state index < -0.39 is 17.7 Å². The van der Waals surface area contributed by atoms with E-state index in [0.717, 1.165) is 24.8 Å². The molecule has 0 unspecified atom stereocenters. The molecule has 3 N–H and O–H groups in total. The minimum atomic E-state index is -0.804. The van der Waals surface area contributed by atoms with Crippen LogP contribution in [0.2, 0.25) is 0 Å². The lowest BCUT2D eigenvalue weighted by atomic mass is 9.87. The van der Waals surface area contributed by atoms with Crippen LogP contribution in [-0.2, 0) is 4.79 Å². The second kappa shape index (κ2) is 12.6. The number of piperidine rings is 1. The van der Waals surface area contributed by atoms with E-state index in [4.69, 9.17) is 9.84 Å². The maximum atomic E-state index is 14.5. The highest BCUT2D eigenvalue weighted by Gasteiger charge is 2.27. The molecule has 9 heteroatoms. The van der Waals surface area contributed by atoms with Gasteiger partial charge in [0, 0.05) is 43.0 Å². The molecule has 2 aromatic carbocycles. The number of carboxylic acid groups (broad SMARTS) is 1. The van der Waals surface area contributed by atoms with Gasteiger partial charge < -0.3 is 25.4 Å². The molecule has 1 aliphatic carbocycles. The summed E-state index contributed by atoms with van der Waals surface area (Å²) in [6.45, 7) is 2.52. The van der Waals surface area contributed by atoms with E-state index in [9.17, 15) is 18.8 Å². The Morgan fingerprint density at radius 3 is 2.05 bits per heavy atom. The zero-order valence-electron chi connectivity index (χ0n) is 20.9. The highest BCUT2D eigenvalue weighted by atomic mass is 19.1. The molecule has 198 valence electrons. The third kappa shape index (κ3) is 7.21. The van der Waals surface area contributed by atoms with Crippen LogP contribution in [0.5, 0.6) is 5.75 Å². The number of nitrogens with zero attached hydrogens (tertiary/aromatic N) is 1. The average Bonchev–Trinajstić information content (AvgIpc) is 2.93. The number of hydrogen-bond donors (Lipinski definition) is 3. The van der Waals surface area contributed by atoms with Crippen molar-refractivity contribution >= 4 is 23.5 Å². The molecule has 8 nitrogen and oxygen atoms in total. The molecule has 0 radical (unpaired) electrons. The van der Waals surface area contributed by atoms with Crippen LogP contribution < -0.4 is 20.3 Å². The molecule has 2 aromatic rings. The first kappa shape index (κ1) is 26.4. The molecule has 1 saturated heterocycles. The topological polar surface area (TPSA) is 108 Å². The quantitative estimate of drug-likeness (QED) is 0.440. The number of carboxylic acids is 1. The third-order valence-corrected chi connectivity index (χ3v) is 7.06. The number of ether oxygens (including phenoxy) is 1. The van der Waals surface area contributed by atoms with Crippen molar-refractivity contribution in [3.8, 4) is 5.75 Å². The average molecular weight is 512 g/mol. The number of halogens is 1. The highest BCUT2D eigenvalue weighted by Crippen LogP contribution is 2.29. The van der Waals surface area contributed by atoms with Gasteiger partial charge in [-0.25, -0.2) is 4.39 Å². The Morgan fingerprint density at radius 2 is 1.46 bits per heavy atom. The molecule has 2 amide bonds. The Balaban J connectivity index is 1.19. The van der Waals surface area contributed by atoms with Gasteiger partial charge in [-0.05, 0) is 87.4 Å². The van der Waals surface area contributed by atoms with Crippen molar-refractivity contribution in [1.29, 1.82) is 0 Å². The third-order valence-electron chi connectivity index (χ3n) is 7.06. The monoisotopic (exact) mass is 511 g/mol. The fraction of sp³-hybridized carbons (Fsp3) is 0.464. The normalized spacial score (nSPS) is 19.6. The summed E-state index contributed by atoms with van der Waals surface area (Å²) in [4.78, 5) is 38.2. The molecule has 1 saturated carbocycles. The lowest BCUT2D eigenvalue weighted by Gasteiger charge is -2.28. The Hall–Kier alpha value is -3.62. The summed E-state index contributed by atoms with van der Waals surface area (Å²) in [5, 5.41) is 14.5. The van der Waals surface area contributed by atoms with Crippen LogP contribution in [-0.4, -0.2) is 55.2 Å². The molecule has 1 aliphatic heterocycles. The van der Waals surface area contributed by atoms with Gasteiger partial charge >= 0.3 is 5.97 Å². The van der Waals surface area contributed by atoms with Gasteiger partial charge in [0.25, 0.3) is 11.8 Å². The molecular weight excluding hydrogens is 477 g/mol. The van der Waals surface area contributed by atoms with E-state index in [1.165, 1.54) is 31.4 Å². The zero-order valence-corrected chi connectivity index (χ0v) is 20.9. The Kier molecular flexibility index (Phi) is 8.98. The minimum absolute atomic E-state index is 0.0499. The molecule has 2 aliphatic rings. The smallest absolute Gasteiger partial charge is 0.306 e. The summed E-state index contributed by atoms with van der Waals surface area (Å²) < 4.78 is 20.2. The van der Waals surface area contributed by atoms with Crippen molar-refractivity contribution in [3.05, 3.63) is 59.4 Å². The van der Waals surface area contributed by atoms with Crippen LogP contribution in [0.15, 0.2) is 42.5 Å². The minimum Gasteiger partial charge on any atom is -0.487 e. The summed E-state index contributed by atoms with van der Waals surface area (Å²) in [5.41, 5.74) is 1.83. The zero-order chi connectivity index (χ0) is 26.2. The Labute approximate surface area is 216 Å². The van der Waals surface area contributed by atoms with Gasteiger partial charge in [-0.2, -0.15) is 0 Å². The van der Waals surface area contributed by atoms with Crippen molar-refractivity contribution < 1.29 is 28.6 Å². The van der Waals surface area contributed by atoms with Crippen LogP contribution in [0.4, 0.5) is 10.1 Å².